The van der Waals surface area contributed by atoms with E-state index in [0.29, 0.717) is 0 Å². The zero-order valence-electron chi connectivity index (χ0n) is 9.66. The highest BCUT2D eigenvalue weighted by atomic mass is 79.9. The molecule has 88 valence electrons. The molecule has 0 heterocycles. The zero-order chi connectivity index (χ0) is 12.1. The topological polar surface area (TPSA) is 38.3 Å². The molecule has 1 atom stereocenters. The standard InChI is InChI=1S/C12H16BrNO2/c1-8(2)16-12(15)14-9(3)10-4-6-11(13)7-5-10/h4-9H,1-3H3,(H,14,15)/t9-/m1/s1. The molecule has 0 aliphatic rings. The van der Waals surface area contributed by atoms with Crippen LogP contribution >= 0.6 is 15.9 Å². The number of rotatable bonds is 3. The lowest BCUT2D eigenvalue weighted by molar-refractivity contribution is 0.113. The Labute approximate surface area is 104 Å². The summed E-state index contributed by atoms with van der Waals surface area (Å²) < 4.78 is 6.03. The van der Waals surface area contributed by atoms with Crippen LogP contribution in [-0.4, -0.2) is 12.2 Å². The minimum atomic E-state index is -0.384. The van der Waals surface area contributed by atoms with Crippen LogP contribution in [0.1, 0.15) is 32.4 Å². The predicted octanol–water partition coefficient (Wildman–Crippen LogP) is 3.64. The fourth-order valence-electron chi connectivity index (χ4n) is 1.26. The van der Waals surface area contributed by atoms with Crippen molar-refractivity contribution in [3.8, 4) is 0 Å². The summed E-state index contributed by atoms with van der Waals surface area (Å²) in [5, 5.41) is 2.77. The van der Waals surface area contributed by atoms with Gasteiger partial charge in [0.2, 0.25) is 0 Å². The van der Waals surface area contributed by atoms with Crippen LogP contribution in [0.4, 0.5) is 4.79 Å². The second-order valence-electron chi connectivity index (χ2n) is 3.87. The van der Waals surface area contributed by atoms with Crippen molar-refractivity contribution < 1.29 is 9.53 Å². The van der Waals surface area contributed by atoms with Gasteiger partial charge >= 0.3 is 6.09 Å². The van der Waals surface area contributed by atoms with E-state index in [2.05, 4.69) is 21.2 Å². The SMILES string of the molecule is CC(C)OC(=O)N[C@H](C)c1ccc(Br)cc1. The van der Waals surface area contributed by atoms with Gasteiger partial charge in [0.25, 0.3) is 0 Å². The van der Waals surface area contributed by atoms with Crippen molar-refractivity contribution in [3.63, 3.8) is 0 Å². The molecule has 0 bridgehead atoms. The quantitative estimate of drug-likeness (QED) is 0.921. The molecular weight excluding hydrogens is 270 g/mol. The van der Waals surface area contributed by atoms with Crippen molar-refractivity contribution in [2.75, 3.05) is 0 Å². The maximum atomic E-state index is 11.4. The molecule has 1 amide bonds. The summed E-state index contributed by atoms with van der Waals surface area (Å²) in [6.45, 7) is 5.57. The van der Waals surface area contributed by atoms with Crippen LogP contribution in [0, 0.1) is 0 Å². The summed E-state index contributed by atoms with van der Waals surface area (Å²) in [6, 6.07) is 7.76. The number of carbonyl (C=O) groups is 1. The first kappa shape index (κ1) is 13.0. The van der Waals surface area contributed by atoms with Gasteiger partial charge in [-0.1, -0.05) is 28.1 Å². The van der Waals surface area contributed by atoms with Crippen molar-refractivity contribution >= 4 is 22.0 Å². The number of benzene rings is 1. The van der Waals surface area contributed by atoms with Gasteiger partial charge in [-0.05, 0) is 38.5 Å². The fourth-order valence-corrected chi connectivity index (χ4v) is 1.52. The smallest absolute Gasteiger partial charge is 0.407 e. The van der Waals surface area contributed by atoms with Crippen LogP contribution < -0.4 is 5.32 Å². The Morgan fingerprint density at radius 1 is 1.25 bits per heavy atom. The van der Waals surface area contributed by atoms with Crippen LogP contribution in [0.5, 0.6) is 0 Å². The fraction of sp³-hybridized carbons (Fsp3) is 0.417. The number of amides is 1. The summed E-state index contributed by atoms with van der Waals surface area (Å²) in [4.78, 5) is 11.4. The van der Waals surface area contributed by atoms with Gasteiger partial charge in [-0.2, -0.15) is 0 Å². The van der Waals surface area contributed by atoms with E-state index in [4.69, 9.17) is 4.74 Å². The Kier molecular flexibility index (Phi) is 4.80. The number of carbonyl (C=O) groups excluding carboxylic acids is 1. The van der Waals surface area contributed by atoms with Crippen LogP contribution in [0.15, 0.2) is 28.7 Å². The number of hydrogen-bond acceptors (Lipinski definition) is 2. The molecule has 0 aliphatic heterocycles. The molecule has 0 fully saturated rings. The van der Waals surface area contributed by atoms with Crippen LogP contribution in [0.2, 0.25) is 0 Å². The molecular formula is C12H16BrNO2. The van der Waals surface area contributed by atoms with E-state index in [9.17, 15) is 4.79 Å². The van der Waals surface area contributed by atoms with Gasteiger partial charge in [-0.25, -0.2) is 4.79 Å². The Morgan fingerprint density at radius 2 is 1.81 bits per heavy atom. The monoisotopic (exact) mass is 285 g/mol. The first-order valence-electron chi connectivity index (χ1n) is 5.21. The molecule has 0 unspecified atom stereocenters. The minimum absolute atomic E-state index is 0.0562. The van der Waals surface area contributed by atoms with Crippen LogP contribution in [-0.2, 0) is 4.74 Å². The van der Waals surface area contributed by atoms with Crippen molar-refractivity contribution in [1.82, 2.24) is 5.32 Å². The highest BCUT2D eigenvalue weighted by Crippen LogP contribution is 2.16. The third-order valence-electron chi connectivity index (χ3n) is 2.05. The lowest BCUT2D eigenvalue weighted by Crippen LogP contribution is -2.29. The van der Waals surface area contributed by atoms with Crippen molar-refractivity contribution in [2.24, 2.45) is 0 Å². The Bertz CT molecular complexity index is 349. The summed E-state index contributed by atoms with van der Waals surface area (Å²) >= 11 is 3.37. The molecule has 0 saturated carbocycles. The normalized spacial score (nSPS) is 12.3. The van der Waals surface area contributed by atoms with Gasteiger partial charge in [-0.3, -0.25) is 0 Å². The van der Waals surface area contributed by atoms with Crippen LogP contribution in [0.3, 0.4) is 0 Å². The van der Waals surface area contributed by atoms with Gasteiger partial charge < -0.3 is 10.1 Å². The average Bonchev–Trinajstić information content (AvgIpc) is 2.16. The van der Waals surface area contributed by atoms with E-state index in [1.165, 1.54) is 0 Å². The van der Waals surface area contributed by atoms with Gasteiger partial charge in [0.1, 0.15) is 0 Å². The molecule has 0 saturated heterocycles. The van der Waals surface area contributed by atoms with E-state index in [1.807, 2.05) is 45.0 Å². The van der Waals surface area contributed by atoms with Crippen molar-refractivity contribution in [1.29, 1.82) is 0 Å². The van der Waals surface area contributed by atoms with Gasteiger partial charge in [-0.15, -0.1) is 0 Å². The molecule has 4 heteroatoms. The number of ether oxygens (including phenoxy) is 1. The molecule has 16 heavy (non-hydrogen) atoms. The van der Waals surface area contributed by atoms with E-state index in [-0.39, 0.29) is 18.2 Å². The summed E-state index contributed by atoms with van der Waals surface area (Å²) in [7, 11) is 0. The van der Waals surface area contributed by atoms with Crippen molar-refractivity contribution in [3.05, 3.63) is 34.3 Å². The lowest BCUT2D eigenvalue weighted by Gasteiger charge is -2.15. The lowest BCUT2D eigenvalue weighted by atomic mass is 10.1. The van der Waals surface area contributed by atoms with Gasteiger partial charge in [0.15, 0.2) is 0 Å². The van der Waals surface area contributed by atoms with E-state index in [1.54, 1.807) is 0 Å². The highest BCUT2D eigenvalue weighted by Gasteiger charge is 2.11. The maximum absolute atomic E-state index is 11.4. The highest BCUT2D eigenvalue weighted by molar-refractivity contribution is 9.10. The second-order valence-corrected chi connectivity index (χ2v) is 4.79. The molecule has 0 aliphatic carbocycles. The molecule has 1 N–H and O–H groups in total. The summed E-state index contributed by atoms with van der Waals surface area (Å²) in [5.41, 5.74) is 1.05. The number of nitrogens with one attached hydrogen (secondary N) is 1. The maximum Gasteiger partial charge on any atom is 0.407 e. The Balaban J connectivity index is 2.55. The molecule has 1 aromatic rings. The van der Waals surface area contributed by atoms with E-state index in [0.717, 1.165) is 10.0 Å². The largest absolute Gasteiger partial charge is 0.447 e. The summed E-state index contributed by atoms with van der Waals surface area (Å²) in [5.74, 6) is 0. The molecule has 0 radical (unpaired) electrons. The van der Waals surface area contributed by atoms with Crippen molar-refractivity contribution in [2.45, 2.75) is 32.9 Å². The minimum Gasteiger partial charge on any atom is -0.447 e. The first-order chi connectivity index (χ1) is 7.49. The number of alkyl carbamates (subject to hydrolysis) is 1. The molecule has 0 aromatic heterocycles. The molecule has 3 nitrogen and oxygen atoms in total. The number of hydrogen-bond donors (Lipinski definition) is 1. The zero-order valence-corrected chi connectivity index (χ0v) is 11.2. The van der Waals surface area contributed by atoms with Gasteiger partial charge in [0.05, 0.1) is 12.1 Å². The Morgan fingerprint density at radius 3 is 2.31 bits per heavy atom. The van der Waals surface area contributed by atoms with Crippen LogP contribution in [0.25, 0.3) is 0 Å². The van der Waals surface area contributed by atoms with E-state index >= 15 is 0 Å². The Hall–Kier alpha value is -1.03. The first-order valence-corrected chi connectivity index (χ1v) is 6.01. The number of halogens is 1. The van der Waals surface area contributed by atoms with Gasteiger partial charge in [0, 0.05) is 4.47 Å². The van der Waals surface area contributed by atoms with E-state index < -0.39 is 0 Å². The molecule has 0 spiro atoms. The molecule has 1 aromatic carbocycles. The second kappa shape index (κ2) is 5.89. The third kappa shape index (κ3) is 4.23. The third-order valence-corrected chi connectivity index (χ3v) is 2.58. The summed E-state index contributed by atoms with van der Waals surface area (Å²) in [6.07, 6.45) is -0.484. The predicted molar refractivity (Wildman–Crippen MR) is 67.3 cm³/mol. The molecule has 1 rings (SSSR count). The average molecular weight is 286 g/mol.